The van der Waals surface area contributed by atoms with Gasteiger partial charge in [-0.1, -0.05) is 56.0 Å². The van der Waals surface area contributed by atoms with Crippen LogP contribution in [-0.2, 0) is 0 Å². The molecule has 84 valence electrons. The van der Waals surface area contributed by atoms with Crippen molar-refractivity contribution in [3.8, 4) is 0 Å². The first kappa shape index (κ1) is 13.3. The van der Waals surface area contributed by atoms with Gasteiger partial charge in [-0.25, -0.2) is 0 Å². The zero-order valence-electron chi connectivity index (χ0n) is 9.77. The van der Waals surface area contributed by atoms with E-state index in [1.165, 1.54) is 5.19 Å². The van der Waals surface area contributed by atoms with Crippen LogP contribution < -0.4 is 10.4 Å². The summed E-state index contributed by atoms with van der Waals surface area (Å²) in [7, 11) is -1.20. The fourth-order valence-corrected chi connectivity index (χ4v) is 4.40. The van der Waals surface area contributed by atoms with Crippen molar-refractivity contribution in [3.63, 3.8) is 0 Å². The van der Waals surface area contributed by atoms with Gasteiger partial charge >= 0.3 is 0 Å². The Hall–Kier alpha value is 0.234. The molecule has 0 nitrogen and oxygen atoms in total. The molecule has 0 aliphatic rings. The van der Waals surface area contributed by atoms with Crippen LogP contribution >= 0.6 is 22.2 Å². The molecular formula is C11H18Cl2Si2. The Bertz CT molecular complexity index is 325. The first-order valence-corrected chi connectivity index (χ1v) is 13.0. The van der Waals surface area contributed by atoms with Crippen LogP contribution in [0.5, 0.6) is 0 Å². The SMILES string of the molecule is CC[Si](Cl)(Cl)c1ccc([Si](C)(C)C)cc1. The maximum Gasteiger partial charge on any atom is 0.280 e. The molecule has 0 saturated heterocycles. The highest BCUT2D eigenvalue weighted by Crippen LogP contribution is 2.19. The molecule has 0 saturated carbocycles. The van der Waals surface area contributed by atoms with Crippen molar-refractivity contribution in [2.24, 2.45) is 0 Å². The third-order valence-electron chi connectivity index (χ3n) is 2.62. The monoisotopic (exact) mass is 276 g/mol. The Kier molecular flexibility index (Phi) is 4.09. The predicted octanol–water partition coefficient (Wildman–Crippen LogP) is 3.38. The normalized spacial score (nSPS) is 12.9. The highest BCUT2D eigenvalue weighted by Gasteiger charge is 2.28. The maximum absolute atomic E-state index is 6.33. The second-order valence-corrected chi connectivity index (χ2v) is 17.1. The fraction of sp³-hybridized carbons (Fsp3) is 0.455. The van der Waals surface area contributed by atoms with E-state index in [4.69, 9.17) is 22.2 Å². The van der Waals surface area contributed by atoms with Crippen LogP contribution in [0.15, 0.2) is 24.3 Å². The second kappa shape index (κ2) is 4.62. The summed E-state index contributed by atoms with van der Waals surface area (Å²) in [5.41, 5.74) is 0. The van der Waals surface area contributed by atoms with Crippen molar-refractivity contribution in [1.29, 1.82) is 0 Å². The van der Waals surface area contributed by atoms with E-state index in [0.29, 0.717) is 0 Å². The summed E-state index contributed by atoms with van der Waals surface area (Å²) in [6.07, 6.45) is 0. The van der Waals surface area contributed by atoms with E-state index in [-0.39, 0.29) is 0 Å². The van der Waals surface area contributed by atoms with Crippen molar-refractivity contribution >= 4 is 47.3 Å². The van der Waals surface area contributed by atoms with Gasteiger partial charge in [-0.05, 0) is 11.2 Å². The molecule has 0 aromatic heterocycles. The van der Waals surface area contributed by atoms with Crippen molar-refractivity contribution in [3.05, 3.63) is 24.3 Å². The minimum atomic E-state index is -2.18. The third-order valence-corrected chi connectivity index (χ3v) is 9.66. The van der Waals surface area contributed by atoms with Crippen LogP contribution in [0.3, 0.4) is 0 Å². The van der Waals surface area contributed by atoms with Gasteiger partial charge in [-0.3, -0.25) is 0 Å². The van der Waals surface area contributed by atoms with Crippen LogP contribution in [0.25, 0.3) is 0 Å². The van der Waals surface area contributed by atoms with Crippen LogP contribution in [0, 0.1) is 0 Å². The lowest BCUT2D eigenvalue weighted by molar-refractivity contribution is 1.44. The van der Waals surface area contributed by atoms with Crippen molar-refractivity contribution < 1.29 is 0 Å². The number of hydrogen-bond donors (Lipinski definition) is 0. The summed E-state index contributed by atoms with van der Waals surface area (Å²) in [6.45, 7) is 6.90. The lowest BCUT2D eigenvalue weighted by atomic mass is 10.4. The summed E-state index contributed by atoms with van der Waals surface area (Å²) in [6, 6.07) is 9.49. The second-order valence-electron chi connectivity index (χ2n) is 4.89. The van der Waals surface area contributed by atoms with Gasteiger partial charge in [0.1, 0.15) is 0 Å². The average Bonchev–Trinajstić information content (AvgIpc) is 2.17. The summed E-state index contributed by atoms with van der Waals surface area (Å²) in [4.78, 5) is 0. The van der Waals surface area contributed by atoms with E-state index in [1.54, 1.807) is 0 Å². The molecule has 0 fully saturated rings. The zero-order chi connectivity index (χ0) is 11.7. The smallest absolute Gasteiger partial charge is 0.140 e. The minimum Gasteiger partial charge on any atom is -0.140 e. The van der Waals surface area contributed by atoms with Crippen LogP contribution in [0.4, 0.5) is 0 Å². The van der Waals surface area contributed by atoms with Crippen molar-refractivity contribution in [2.75, 3.05) is 0 Å². The number of hydrogen-bond acceptors (Lipinski definition) is 0. The van der Waals surface area contributed by atoms with Gasteiger partial charge in [0.2, 0.25) is 0 Å². The molecule has 0 radical (unpaired) electrons. The summed E-state index contributed by atoms with van der Waals surface area (Å²) in [5.74, 6) is 0. The first-order valence-electron chi connectivity index (χ1n) is 5.26. The number of benzene rings is 1. The Morgan fingerprint density at radius 2 is 1.33 bits per heavy atom. The highest BCUT2D eigenvalue weighted by molar-refractivity contribution is 7.50. The quantitative estimate of drug-likeness (QED) is 0.587. The van der Waals surface area contributed by atoms with E-state index >= 15 is 0 Å². The molecule has 0 aliphatic heterocycles. The third kappa shape index (κ3) is 3.35. The van der Waals surface area contributed by atoms with Gasteiger partial charge in [0.25, 0.3) is 6.69 Å². The van der Waals surface area contributed by atoms with Crippen molar-refractivity contribution in [2.45, 2.75) is 32.6 Å². The Morgan fingerprint density at radius 1 is 0.933 bits per heavy atom. The maximum atomic E-state index is 6.33. The van der Waals surface area contributed by atoms with E-state index < -0.39 is 14.8 Å². The molecule has 0 spiro atoms. The molecule has 0 amide bonds. The van der Waals surface area contributed by atoms with Crippen LogP contribution in [0.1, 0.15) is 6.92 Å². The average molecular weight is 277 g/mol. The summed E-state index contributed by atoms with van der Waals surface area (Å²) < 4.78 is 0. The van der Waals surface area contributed by atoms with Crippen molar-refractivity contribution in [1.82, 2.24) is 0 Å². The molecular weight excluding hydrogens is 259 g/mol. The molecule has 1 aromatic carbocycles. The van der Waals surface area contributed by atoms with E-state index in [9.17, 15) is 0 Å². The standard InChI is InChI=1S/C11H18Cl2Si2/c1-5-15(12,13)11-8-6-10(7-9-11)14(2,3)4/h6-9H,5H2,1-4H3. The Morgan fingerprint density at radius 3 is 1.67 bits per heavy atom. The van der Waals surface area contributed by atoms with Gasteiger partial charge < -0.3 is 0 Å². The lowest BCUT2D eigenvalue weighted by Gasteiger charge is -2.19. The van der Waals surface area contributed by atoms with Crippen LogP contribution in [0.2, 0.25) is 25.7 Å². The molecule has 1 rings (SSSR count). The molecule has 1 aromatic rings. The van der Waals surface area contributed by atoms with Gasteiger partial charge in [0.05, 0.1) is 8.07 Å². The molecule has 0 N–H and O–H groups in total. The zero-order valence-corrected chi connectivity index (χ0v) is 13.3. The van der Waals surface area contributed by atoms with Gasteiger partial charge in [0.15, 0.2) is 0 Å². The largest absolute Gasteiger partial charge is 0.280 e. The first-order chi connectivity index (χ1) is 6.77. The molecule has 15 heavy (non-hydrogen) atoms. The predicted molar refractivity (Wildman–Crippen MR) is 77.0 cm³/mol. The molecule has 4 heteroatoms. The van der Waals surface area contributed by atoms with E-state index in [0.717, 1.165) is 11.2 Å². The number of halogens is 2. The Labute approximate surface area is 104 Å². The Balaban J connectivity index is 3.01. The topological polar surface area (TPSA) is 0 Å². The van der Waals surface area contributed by atoms with Crippen LogP contribution in [-0.4, -0.2) is 14.8 Å². The molecule has 0 bridgehead atoms. The van der Waals surface area contributed by atoms with Gasteiger partial charge in [-0.15, -0.1) is 22.2 Å². The molecule has 0 heterocycles. The van der Waals surface area contributed by atoms with Gasteiger partial charge in [-0.2, -0.15) is 0 Å². The van der Waals surface area contributed by atoms with Gasteiger partial charge in [0, 0.05) is 0 Å². The molecule has 0 unspecified atom stereocenters. The molecule has 0 aliphatic carbocycles. The van der Waals surface area contributed by atoms with E-state index in [1.807, 2.05) is 0 Å². The summed E-state index contributed by atoms with van der Waals surface area (Å²) >= 11 is 12.7. The molecule has 0 atom stereocenters. The highest BCUT2D eigenvalue weighted by atomic mass is 35.7. The minimum absolute atomic E-state index is 0.863. The summed E-state index contributed by atoms with van der Waals surface area (Å²) in [5, 5.41) is 2.59. The fourth-order valence-electron chi connectivity index (χ4n) is 1.42. The number of rotatable bonds is 3. The lowest BCUT2D eigenvalue weighted by Crippen LogP contribution is -2.41. The van der Waals surface area contributed by atoms with E-state index in [2.05, 4.69) is 50.8 Å².